The van der Waals surface area contributed by atoms with Gasteiger partial charge in [0.1, 0.15) is 0 Å². The van der Waals surface area contributed by atoms with E-state index in [0.717, 1.165) is 200 Å². The van der Waals surface area contributed by atoms with Gasteiger partial charge in [0.2, 0.25) is 0 Å². The molecule has 24 nitrogen and oxygen atoms in total. The van der Waals surface area contributed by atoms with Crippen LogP contribution >= 0.6 is 0 Å². The maximum absolute atomic E-state index is 10.1. The normalized spacial score (nSPS) is 9.92. The largest absolute Gasteiger partial charge is 0.481 e. The van der Waals surface area contributed by atoms with Crippen molar-refractivity contribution in [1.82, 2.24) is 0 Å². The molecule has 0 aromatic carbocycles. The monoisotopic (exact) mass is 1130 g/mol. The molecule has 0 aliphatic heterocycles. The smallest absolute Gasteiger partial charge is 0.317 e. The molecule has 0 aliphatic rings. The Morgan fingerprint density at radius 3 is 0.308 bits per heavy atom. The van der Waals surface area contributed by atoms with Crippen LogP contribution < -0.4 is 0 Å². The Kier molecular flexibility index (Phi) is 69.1. The molecule has 0 radical (unpaired) electrons. The lowest BCUT2D eigenvalue weighted by Crippen LogP contribution is -2.19. The molecule has 0 spiro atoms. The van der Waals surface area contributed by atoms with Crippen LogP contribution in [0.1, 0.15) is 264 Å². The van der Waals surface area contributed by atoms with E-state index in [0.29, 0.717) is 0 Å². The second-order valence-corrected chi connectivity index (χ2v) is 18.4. The van der Waals surface area contributed by atoms with Crippen LogP contribution in [0.25, 0.3) is 0 Å². The summed E-state index contributed by atoms with van der Waals surface area (Å²) in [5, 5.41) is 99.4. The zero-order chi connectivity index (χ0) is 60.8. The summed E-state index contributed by atoms with van der Waals surface area (Å²) in [7, 11) is 0. The van der Waals surface area contributed by atoms with E-state index in [2.05, 4.69) is 0 Å². The third kappa shape index (κ3) is 102. The van der Waals surface area contributed by atoms with E-state index in [-0.39, 0.29) is 64.2 Å². The number of unbranched alkanes of at least 4 members (excludes halogenated alkanes) is 25. The van der Waals surface area contributed by atoms with Crippen LogP contribution in [0.3, 0.4) is 0 Å². The molecular weight excluding hydrogens is 1030 g/mol. The molecule has 0 saturated carbocycles. The third-order valence-electron chi connectivity index (χ3n) is 10.9. The molecule has 0 aromatic heterocycles. The Morgan fingerprint density at radius 1 is 0.179 bits per heavy atom. The van der Waals surface area contributed by atoms with E-state index in [4.69, 9.17) is 61.3 Å². The van der Waals surface area contributed by atoms with Gasteiger partial charge in [-0.2, -0.15) is 0 Å². The maximum atomic E-state index is 10.1. The van der Waals surface area contributed by atoms with Gasteiger partial charge in [-0.1, -0.05) is 128 Å². The number of hydrogen-bond donors (Lipinski definition) is 12. The molecule has 456 valence electrons. The Labute approximate surface area is 459 Å². The SMILES string of the molecule is CC(C(=O)O)C(=O)O.O=C(O)CCCCCCCCC(=O)O.O=C(O)CCCCCCCCC(=O)O.O=C(O)CCCCCCCCC(=O)O.O=C(O)CCCCCCCCC(=O)O.O=C(O)CCCCCCCCC(=O)O. The van der Waals surface area contributed by atoms with Crippen molar-refractivity contribution in [2.75, 3.05) is 0 Å². The van der Waals surface area contributed by atoms with E-state index in [1.807, 2.05) is 0 Å². The van der Waals surface area contributed by atoms with Crippen molar-refractivity contribution in [3.05, 3.63) is 0 Å². The lowest BCUT2D eigenvalue weighted by atomic mass is 10.1. The first-order valence-electron chi connectivity index (χ1n) is 27.3. The van der Waals surface area contributed by atoms with Crippen LogP contribution in [0.15, 0.2) is 0 Å². The van der Waals surface area contributed by atoms with Gasteiger partial charge in [-0.3, -0.25) is 57.5 Å². The van der Waals surface area contributed by atoms with E-state index in [1.54, 1.807) is 0 Å². The predicted molar refractivity (Wildman–Crippen MR) is 285 cm³/mol. The van der Waals surface area contributed by atoms with Gasteiger partial charge in [0.25, 0.3) is 0 Å². The number of carbonyl (C=O) groups is 12. The molecule has 12 N–H and O–H groups in total. The van der Waals surface area contributed by atoms with Crippen LogP contribution in [0.2, 0.25) is 0 Å². The summed E-state index contributed by atoms with van der Waals surface area (Å²) in [4.78, 5) is 121. The molecule has 0 unspecified atom stereocenters. The van der Waals surface area contributed by atoms with Crippen molar-refractivity contribution in [2.45, 2.75) is 264 Å². The molecule has 0 atom stereocenters. The first-order valence-corrected chi connectivity index (χ1v) is 27.3. The Balaban J connectivity index is -0.000000201. The van der Waals surface area contributed by atoms with Crippen molar-refractivity contribution in [2.24, 2.45) is 5.92 Å². The minimum absolute atomic E-state index is 0.245. The van der Waals surface area contributed by atoms with Gasteiger partial charge in [-0.05, 0) is 71.1 Å². The fraction of sp³-hybridized carbons (Fsp3) is 0.778. The zero-order valence-electron chi connectivity index (χ0n) is 46.1. The van der Waals surface area contributed by atoms with Crippen molar-refractivity contribution in [3.8, 4) is 0 Å². The molecule has 0 bridgehead atoms. The van der Waals surface area contributed by atoms with E-state index >= 15 is 0 Å². The average molecular weight is 1130 g/mol. The van der Waals surface area contributed by atoms with Gasteiger partial charge < -0.3 is 61.3 Å². The lowest BCUT2D eigenvalue weighted by molar-refractivity contribution is -0.154. The second-order valence-electron chi connectivity index (χ2n) is 18.4. The van der Waals surface area contributed by atoms with Crippen molar-refractivity contribution in [3.63, 3.8) is 0 Å². The second kappa shape index (κ2) is 64.9. The van der Waals surface area contributed by atoms with Crippen LogP contribution in [0.5, 0.6) is 0 Å². The third-order valence-corrected chi connectivity index (χ3v) is 10.9. The van der Waals surface area contributed by atoms with Gasteiger partial charge in [-0.15, -0.1) is 0 Å². The Morgan fingerprint density at radius 2 is 0.256 bits per heavy atom. The summed E-state index contributed by atoms with van der Waals surface area (Å²) in [6.45, 7) is 1.12. The van der Waals surface area contributed by atoms with Gasteiger partial charge in [0.05, 0.1) is 0 Å². The van der Waals surface area contributed by atoms with Gasteiger partial charge in [0, 0.05) is 64.2 Å². The molecule has 0 aliphatic carbocycles. The molecule has 0 fully saturated rings. The summed E-state index contributed by atoms with van der Waals surface area (Å²) in [5.74, 6) is -11.3. The van der Waals surface area contributed by atoms with E-state index in [9.17, 15) is 57.5 Å². The number of hydrogen-bond acceptors (Lipinski definition) is 12. The molecule has 0 amide bonds. The minimum atomic E-state index is -1.31. The van der Waals surface area contributed by atoms with E-state index < -0.39 is 77.5 Å². The zero-order valence-corrected chi connectivity index (χ0v) is 46.1. The maximum Gasteiger partial charge on any atom is 0.317 e. The molecule has 0 saturated heterocycles. The topological polar surface area (TPSA) is 448 Å². The van der Waals surface area contributed by atoms with Gasteiger partial charge >= 0.3 is 71.6 Å². The summed E-state index contributed by atoms with van der Waals surface area (Å²) in [6, 6.07) is 0. The lowest BCUT2D eigenvalue weighted by Gasteiger charge is -1.98. The quantitative estimate of drug-likeness (QED) is 0.0199. The number of rotatable bonds is 47. The molecule has 0 aromatic rings. The summed E-state index contributed by atoms with van der Waals surface area (Å²) >= 11 is 0. The molecular formula is C54H96O24. The summed E-state index contributed by atoms with van der Waals surface area (Å²) < 4.78 is 0. The highest BCUT2D eigenvalue weighted by atomic mass is 16.4. The first kappa shape index (κ1) is 83.0. The Bertz CT molecular complexity index is 1250. The van der Waals surface area contributed by atoms with Crippen molar-refractivity contribution in [1.29, 1.82) is 0 Å². The Hall–Kier alpha value is -6.36. The molecule has 24 heteroatoms. The molecule has 0 heterocycles. The highest BCUT2D eigenvalue weighted by Crippen LogP contribution is 2.12. The fourth-order valence-corrected chi connectivity index (χ4v) is 6.40. The molecule has 78 heavy (non-hydrogen) atoms. The van der Waals surface area contributed by atoms with Crippen LogP contribution in [-0.2, 0) is 57.5 Å². The summed E-state index contributed by atoms with van der Waals surface area (Å²) in [6.07, 6.45) is 29.1. The van der Waals surface area contributed by atoms with Crippen molar-refractivity contribution >= 4 is 71.6 Å². The highest BCUT2D eigenvalue weighted by molar-refractivity contribution is 5.92. The number of aliphatic carboxylic acids is 12. The fourth-order valence-electron chi connectivity index (χ4n) is 6.40. The highest BCUT2D eigenvalue weighted by Gasteiger charge is 2.18. The van der Waals surface area contributed by atoms with Crippen LogP contribution in [-0.4, -0.2) is 133 Å². The van der Waals surface area contributed by atoms with Gasteiger partial charge in [0.15, 0.2) is 5.92 Å². The molecule has 0 rings (SSSR count). The average Bonchev–Trinajstić information content (AvgIpc) is 3.33. The number of carboxylic acids is 12. The number of carboxylic acid groups (broad SMARTS) is 12. The van der Waals surface area contributed by atoms with E-state index in [1.165, 1.54) is 0 Å². The minimum Gasteiger partial charge on any atom is -0.481 e. The van der Waals surface area contributed by atoms with Crippen molar-refractivity contribution < 1.29 is 119 Å². The van der Waals surface area contributed by atoms with Crippen LogP contribution in [0, 0.1) is 5.92 Å². The van der Waals surface area contributed by atoms with Gasteiger partial charge in [-0.25, -0.2) is 0 Å². The first-order chi connectivity index (χ1) is 36.7. The van der Waals surface area contributed by atoms with Crippen LogP contribution in [0.4, 0.5) is 0 Å². The standard InChI is InChI=1S/5C10H18O4.C4H6O4/c5*11-9(12)7-5-3-1-2-4-6-8-10(13)14;1-2(3(5)6)4(7)8/h5*1-8H2,(H,11,12)(H,13,14);2H,1H3,(H,5,6)(H,7,8). The summed E-state index contributed by atoms with van der Waals surface area (Å²) in [5.41, 5.74) is 0. The predicted octanol–water partition coefficient (Wildman–Crippen LogP) is 11.2.